The number of hydrogen-bond acceptors (Lipinski definition) is 5. The summed E-state index contributed by atoms with van der Waals surface area (Å²) in [5, 5.41) is 8.26. The van der Waals surface area contributed by atoms with Crippen molar-refractivity contribution in [2.75, 3.05) is 11.5 Å². The van der Waals surface area contributed by atoms with Gasteiger partial charge in [-0.05, 0) is 48.2 Å². The van der Waals surface area contributed by atoms with Crippen LogP contribution < -0.4 is 5.73 Å². The maximum atomic E-state index is 13.2. The van der Waals surface area contributed by atoms with Crippen molar-refractivity contribution in [1.29, 1.82) is 0 Å². The lowest BCUT2D eigenvalue weighted by Crippen LogP contribution is -2.02. The molecule has 0 aliphatic rings. The number of nitrogens with two attached hydrogens (primary N) is 1. The Hall–Kier alpha value is -1.99. The van der Waals surface area contributed by atoms with E-state index in [1.165, 1.54) is 35.6 Å². The molecule has 3 aromatic rings. The summed E-state index contributed by atoms with van der Waals surface area (Å²) in [6.45, 7) is 0. The van der Waals surface area contributed by atoms with E-state index in [1.807, 2.05) is 0 Å². The van der Waals surface area contributed by atoms with E-state index in [4.69, 9.17) is 5.73 Å². The number of thioether (sulfide) groups is 1. The van der Waals surface area contributed by atoms with Crippen molar-refractivity contribution in [3.05, 3.63) is 71.3 Å². The van der Waals surface area contributed by atoms with Gasteiger partial charge in [-0.25, -0.2) is 8.78 Å². The van der Waals surface area contributed by atoms with Gasteiger partial charge in [0.1, 0.15) is 11.6 Å². The predicted molar refractivity (Wildman–Crippen MR) is 98.9 cm³/mol. The van der Waals surface area contributed by atoms with Gasteiger partial charge in [0.15, 0.2) is 4.34 Å². The average molecular weight is 377 g/mol. The largest absolute Gasteiger partial charge is 0.374 e. The molecule has 130 valence electrons. The van der Waals surface area contributed by atoms with Crippen LogP contribution in [-0.4, -0.2) is 16.0 Å². The molecule has 25 heavy (non-hydrogen) atoms. The first kappa shape index (κ1) is 17.8. The molecule has 7 heteroatoms. The molecule has 1 aromatic heterocycles. The van der Waals surface area contributed by atoms with Crippen LogP contribution in [0.25, 0.3) is 0 Å². The van der Waals surface area contributed by atoms with Gasteiger partial charge in [-0.15, -0.1) is 10.2 Å². The van der Waals surface area contributed by atoms with Crippen LogP contribution in [0.1, 0.15) is 29.9 Å². The minimum absolute atomic E-state index is 0.0984. The molecule has 0 aliphatic carbocycles. The summed E-state index contributed by atoms with van der Waals surface area (Å²) in [7, 11) is 0. The molecule has 2 aromatic carbocycles. The highest BCUT2D eigenvalue weighted by Crippen LogP contribution is 2.31. The van der Waals surface area contributed by atoms with Crippen LogP contribution in [-0.2, 0) is 0 Å². The van der Waals surface area contributed by atoms with Crippen molar-refractivity contribution >= 4 is 28.2 Å². The fourth-order valence-electron chi connectivity index (χ4n) is 2.64. The highest BCUT2D eigenvalue weighted by molar-refractivity contribution is 8.01. The molecule has 0 bridgehead atoms. The Morgan fingerprint density at radius 3 is 1.96 bits per heavy atom. The van der Waals surface area contributed by atoms with E-state index < -0.39 is 0 Å². The van der Waals surface area contributed by atoms with Crippen molar-refractivity contribution in [1.82, 2.24) is 10.2 Å². The van der Waals surface area contributed by atoms with E-state index in [0.29, 0.717) is 5.13 Å². The molecule has 3 nitrogen and oxygen atoms in total. The van der Waals surface area contributed by atoms with Gasteiger partial charge < -0.3 is 5.73 Å². The van der Waals surface area contributed by atoms with Crippen molar-refractivity contribution in [3.63, 3.8) is 0 Å². The number of hydrogen-bond donors (Lipinski definition) is 1. The molecule has 1 heterocycles. The van der Waals surface area contributed by atoms with Gasteiger partial charge in [0.25, 0.3) is 0 Å². The molecular weight excluding hydrogens is 360 g/mol. The Morgan fingerprint density at radius 2 is 1.48 bits per heavy atom. The number of halogens is 2. The monoisotopic (exact) mass is 377 g/mol. The van der Waals surface area contributed by atoms with Gasteiger partial charge >= 0.3 is 0 Å². The smallest absolute Gasteiger partial charge is 0.203 e. The predicted octanol–water partition coefficient (Wildman–Crippen LogP) is 5.10. The van der Waals surface area contributed by atoms with E-state index >= 15 is 0 Å². The van der Waals surface area contributed by atoms with Crippen LogP contribution in [0.15, 0.2) is 52.9 Å². The average Bonchev–Trinajstić information content (AvgIpc) is 3.02. The lowest BCUT2D eigenvalue weighted by molar-refractivity contribution is 0.621. The third-order valence-electron chi connectivity index (χ3n) is 3.83. The fraction of sp³-hybridized carbons (Fsp3) is 0.222. The van der Waals surface area contributed by atoms with Crippen molar-refractivity contribution < 1.29 is 8.78 Å². The summed E-state index contributed by atoms with van der Waals surface area (Å²) in [4.78, 5) is 0. The number of rotatable bonds is 7. The number of aromatic nitrogens is 2. The molecule has 0 saturated heterocycles. The summed E-state index contributed by atoms with van der Waals surface area (Å²) in [6, 6.07) is 13.0. The Kier molecular flexibility index (Phi) is 5.99. The van der Waals surface area contributed by atoms with E-state index in [-0.39, 0.29) is 17.6 Å². The van der Waals surface area contributed by atoms with Crippen molar-refractivity contribution in [3.8, 4) is 0 Å². The highest BCUT2D eigenvalue weighted by atomic mass is 32.2. The Labute approximate surface area is 153 Å². The van der Waals surface area contributed by atoms with Crippen LogP contribution in [0.4, 0.5) is 13.9 Å². The molecule has 2 N–H and O–H groups in total. The second kappa shape index (κ2) is 8.40. The zero-order valence-corrected chi connectivity index (χ0v) is 15.0. The number of nitrogen functional groups attached to an aromatic ring is 1. The quantitative estimate of drug-likeness (QED) is 0.460. The second-order valence-electron chi connectivity index (χ2n) is 5.55. The Balaban J connectivity index is 1.67. The van der Waals surface area contributed by atoms with Gasteiger partial charge in [0, 0.05) is 11.7 Å². The summed E-state index contributed by atoms with van der Waals surface area (Å²) >= 11 is 3.00. The molecule has 0 aliphatic heterocycles. The second-order valence-corrected chi connectivity index (χ2v) is 7.90. The van der Waals surface area contributed by atoms with Crippen LogP contribution in [0.5, 0.6) is 0 Å². The third kappa shape index (κ3) is 4.99. The van der Waals surface area contributed by atoms with Crippen molar-refractivity contribution in [2.24, 2.45) is 0 Å². The van der Waals surface area contributed by atoms with Crippen LogP contribution >= 0.6 is 23.1 Å². The molecule has 0 fully saturated rings. The molecule has 0 atom stereocenters. The summed E-state index contributed by atoms with van der Waals surface area (Å²) in [5.74, 6) is 0.464. The molecule has 0 amide bonds. The molecule has 0 spiro atoms. The first-order chi connectivity index (χ1) is 12.1. The van der Waals surface area contributed by atoms with Gasteiger partial charge in [0.05, 0.1) is 0 Å². The summed E-state index contributed by atoms with van der Waals surface area (Å²) in [6.07, 6.45) is 1.81. The highest BCUT2D eigenvalue weighted by Gasteiger charge is 2.15. The molecule has 0 saturated carbocycles. The van der Waals surface area contributed by atoms with Crippen LogP contribution in [0.3, 0.4) is 0 Å². The van der Waals surface area contributed by atoms with Gasteiger partial charge in [-0.1, -0.05) is 47.4 Å². The van der Waals surface area contributed by atoms with E-state index in [0.717, 1.165) is 34.1 Å². The SMILES string of the molecule is Nc1nnc(SCCCC(c2ccc(F)cc2)c2ccc(F)cc2)s1. The normalized spacial score (nSPS) is 11.2. The first-order valence-electron chi connectivity index (χ1n) is 7.84. The van der Waals surface area contributed by atoms with Crippen LogP contribution in [0, 0.1) is 11.6 Å². The summed E-state index contributed by atoms with van der Waals surface area (Å²) < 4.78 is 27.3. The van der Waals surface area contributed by atoms with E-state index in [1.54, 1.807) is 36.0 Å². The first-order valence-corrected chi connectivity index (χ1v) is 9.65. The van der Waals surface area contributed by atoms with Gasteiger partial charge in [-0.3, -0.25) is 0 Å². The van der Waals surface area contributed by atoms with Gasteiger partial charge in [0.2, 0.25) is 5.13 Å². The molecular formula is C18H17F2N3S2. The zero-order chi connectivity index (χ0) is 17.6. The fourth-order valence-corrected chi connectivity index (χ4v) is 4.31. The standard InChI is InChI=1S/C18H17F2N3S2/c19-14-7-3-12(4-8-14)16(13-5-9-15(20)10-6-13)2-1-11-24-18-23-22-17(21)25-18/h3-10,16H,1-2,11H2,(H2,21,22). The molecule has 3 rings (SSSR count). The Morgan fingerprint density at radius 1 is 0.920 bits per heavy atom. The number of benzene rings is 2. The number of anilines is 1. The molecule has 0 unspecified atom stereocenters. The summed E-state index contributed by atoms with van der Waals surface area (Å²) in [5.41, 5.74) is 7.63. The van der Waals surface area contributed by atoms with Crippen molar-refractivity contribution in [2.45, 2.75) is 23.1 Å². The lowest BCUT2D eigenvalue weighted by atomic mass is 9.88. The zero-order valence-electron chi connectivity index (χ0n) is 13.4. The van der Waals surface area contributed by atoms with Gasteiger partial charge in [-0.2, -0.15) is 0 Å². The number of nitrogens with zero attached hydrogens (tertiary/aromatic N) is 2. The minimum atomic E-state index is -0.258. The third-order valence-corrected chi connectivity index (χ3v) is 5.80. The molecule has 0 radical (unpaired) electrons. The lowest BCUT2D eigenvalue weighted by Gasteiger charge is -2.18. The van der Waals surface area contributed by atoms with E-state index in [9.17, 15) is 8.78 Å². The van der Waals surface area contributed by atoms with Crippen LogP contribution in [0.2, 0.25) is 0 Å². The van der Waals surface area contributed by atoms with E-state index in [2.05, 4.69) is 10.2 Å². The maximum Gasteiger partial charge on any atom is 0.203 e. The topological polar surface area (TPSA) is 51.8 Å². The maximum absolute atomic E-state index is 13.2. The minimum Gasteiger partial charge on any atom is -0.374 e. The Bertz CT molecular complexity index is 758.